The number of nitrogens with two attached hydrogens (primary N) is 1. The Morgan fingerprint density at radius 1 is 1.28 bits per heavy atom. The number of hydrogen-bond donors (Lipinski definition) is 1. The van der Waals surface area contributed by atoms with E-state index < -0.39 is 11.9 Å². The molecule has 1 aromatic carbocycles. The van der Waals surface area contributed by atoms with Crippen LogP contribution in [0.2, 0.25) is 0 Å². The summed E-state index contributed by atoms with van der Waals surface area (Å²) in [6.45, 7) is 9.28. The number of hydrogen-bond acceptors (Lipinski definition) is 5. The van der Waals surface area contributed by atoms with Crippen LogP contribution in [0.15, 0.2) is 42.6 Å². The molecule has 7 heteroatoms. The molecule has 36 heavy (non-hydrogen) atoms. The van der Waals surface area contributed by atoms with E-state index in [4.69, 9.17) is 15.2 Å². The number of nitrogens with zero attached hydrogens (tertiary/aromatic N) is 2. The zero-order chi connectivity index (χ0) is 26.1. The van der Waals surface area contributed by atoms with E-state index in [-0.39, 0.29) is 17.9 Å². The van der Waals surface area contributed by atoms with Gasteiger partial charge in [-0.15, -0.1) is 0 Å². The van der Waals surface area contributed by atoms with Crippen molar-refractivity contribution < 1.29 is 19.1 Å². The molecule has 3 rings (SSSR count). The van der Waals surface area contributed by atoms with Gasteiger partial charge in [0.1, 0.15) is 17.9 Å². The lowest BCUT2D eigenvalue weighted by Gasteiger charge is -2.25. The molecule has 2 N–H and O–H groups in total. The number of allylic oxidation sites excluding steroid dienone is 2. The number of rotatable bonds is 13. The standard InChI is InChI=1S/C29H41N3O4/c1-5-8-9-10-20(4)15-21(6-2)16-27(33)32-19-24(18-26(32)28(30)34)36-29-25-12-11-23(35-7-3)17-22(25)13-14-31-29/h5,8,11-14,17,20-21,24,26H,6-7,9-10,15-16,18-19H2,1-4H3,(H2,30,34)/b8-5-/t20-,21+,24+,26-/m0/s1. The van der Waals surface area contributed by atoms with Crippen LogP contribution in [0.5, 0.6) is 11.6 Å². The Bertz CT molecular complexity index is 1050. The third kappa shape index (κ3) is 7.21. The number of carbonyl (C=O) groups excluding carboxylic acids is 2. The Labute approximate surface area is 215 Å². The third-order valence-corrected chi connectivity index (χ3v) is 7.04. The maximum Gasteiger partial charge on any atom is 0.240 e. The molecule has 2 amide bonds. The van der Waals surface area contributed by atoms with Crippen molar-refractivity contribution in [2.75, 3.05) is 13.2 Å². The second kappa shape index (κ2) is 13.3. The van der Waals surface area contributed by atoms with Crippen LogP contribution in [0.3, 0.4) is 0 Å². The number of aromatic nitrogens is 1. The number of primary amides is 1. The molecule has 0 unspecified atom stereocenters. The number of likely N-dealkylation sites (tertiary alicyclic amines) is 1. The first-order valence-electron chi connectivity index (χ1n) is 13.2. The third-order valence-electron chi connectivity index (χ3n) is 7.04. The number of benzene rings is 1. The van der Waals surface area contributed by atoms with Crippen LogP contribution in [0.1, 0.15) is 66.2 Å². The van der Waals surface area contributed by atoms with E-state index in [1.807, 2.05) is 38.1 Å². The monoisotopic (exact) mass is 495 g/mol. The topological polar surface area (TPSA) is 94.8 Å². The van der Waals surface area contributed by atoms with Crippen molar-refractivity contribution in [3.05, 3.63) is 42.6 Å². The van der Waals surface area contributed by atoms with Gasteiger partial charge in [0.05, 0.1) is 13.2 Å². The molecule has 1 saturated heterocycles. The predicted molar refractivity (Wildman–Crippen MR) is 143 cm³/mol. The lowest BCUT2D eigenvalue weighted by molar-refractivity contribution is -0.138. The van der Waals surface area contributed by atoms with Crippen LogP contribution in [-0.2, 0) is 9.59 Å². The van der Waals surface area contributed by atoms with Gasteiger partial charge >= 0.3 is 0 Å². The Balaban J connectivity index is 1.67. The Morgan fingerprint density at radius 2 is 2.08 bits per heavy atom. The summed E-state index contributed by atoms with van der Waals surface area (Å²) in [6, 6.07) is 7.02. The molecular formula is C29H41N3O4. The van der Waals surface area contributed by atoms with Crippen molar-refractivity contribution in [2.24, 2.45) is 17.6 Å². The van der Waals surface area contributed by atoms with E-state index >= 15 is 0 Å². The highest BCUT2D eigenvalue weighted by Crippen LogP contribution is 2.31. The summed E-state index contributed by atoms with van der Waals surface area (Å²) in [6.07, 6.45) is 10.5. The highest BCUT2D eigenvalue weighted by Gasteiger charge is 2.40. The smallest absolute Gasteiger partial charge is 0.240 e. The molecule has 0 saturated carbocycles. The van der Waals surface area contributed by atoms with Crippen LogP contribution in [0, 0.1) is 11.8 Å². The average Bonchev–Trinajstić information content (AvgIpc) is 3.28. The number of carbonyl (C=O) groups is 2. The minimum Gasteiger partial charge on any atom is -0.494 e. The van der Waals surface area contributed by atoms with E-state index in [1.54, 1.807) is 11.1 Å². The lowest BCUT2D eigenvalue weighted by Crippen LogP contribution is -2.44. The summed E-state index contributed by atoms with van der Waals surface area (Å²) < 4.78 is 11.8. The van der Waals surface area contributed by atoms with Crippen molar-refractivity contribution >= 4 is 22.6 Å². The first kappa shape index (κ1) is 27.5. The van der Waals surface area contributed by atoms with Gasteiger partial charge in [0, 0.05) is 24.4 Å². The first-order valence-corrected chi connectivity index (χ1v) is 13.2. The summed E-state index contributed by atoms with van der Waals surface area (Å²) in [5.74, 6) is 1.58. The molecule has 196 valence electrons. The first-order chi connectivity index (χ1) is 17.4. The Hall–Kier alpha value is -3.09. The quantitative estimate of drug-likeness (QED) is 0.382. The highest BCUT2D eigenvalue weighted by molar-refractivity contribution is 5.89. The minimum atomic E-state index is -0.661. The van der Waals surface area contributed by atoms with Crippen molar-refractivity contribution in [3.63, 3.8) is 0 Å². The molecule has 1 fully saturated rings. The molecule has 0 radical (unpaired) electrons. The molecule has 2 aromatic rings. The van der Waals surface area contributed by atoms with Gasteiger partial charge in [0.25, 0.3) is 0 Å². The fourth-order valence-corrected chi connectivity index (χ4v) is 5.06. The molecule has 0 bridgehead atoms. The highest BCUT2D eigenvalue weighted by atomic mass is 16.5. The Kier molecular flexibility index (Phi) is 10.1. The number of fused-ring (bicyclic) bond motifs is 1. The van der Waals surface area contributed by atoms with Crippen LogP contribution < -0.4 is 15.2 Å². The zero-order valence-electron chi connectivity index (χ0n) is 22.1. The van der Waals surface area contributed by atoms with Crippen molar-refractivity contribution in [2.45, 2.75) is 78.4 Å². The van der Waals surface area contributed by atoms with Crippen LogP contribution in [-0.4, -0.2) is 47.0 Å². The van der Waals surface area contributed by atoms with Gasteiger partial charge in [0.15, 0.2) is 0 Å². The molecule has 4 atom stereocenters. The fourth-order valence-electron chi connectivity index (χ4n) is 5.06. The van der Waals surface area contributed by atoms with Gasteiger partial charge in [-0.1, -0.05) is 32.4 Å². The lowest BCUT2D eigenvalue weighted by atomic mass is 9.88. The minimum absolute atomic E-state index is 0.0235. The molecule has 0 spiro atoms. The summed E-state index contributed by atoms with van der Waals surface area (Å²) in [5.41, 5.74) is 5.70. The van der Waals surface area contributed by atoms with Gasteiger partial charge < -0.3 is 20.1 Å². The van der Waals surface area contributed by atoms with Crippen LogP contribution in [0.4, 0.5) is 0 Å². The van der Waals surface area contributed by atoms with Gasteiger partial charge in [-0.25, -0.2) is 4.98 Å². The van der Waals surface area contributed by atoms with Crippen molar-refractivity contribution in [1.82, 2.24) is 9.88 Å². The fraction of sp³-hybridized carbons (Fsp3) is 0.552. The van der Waals surface area contributed by atoms with E-state index in [0.717, 1.165) is 42.2 Å². The molecule has 2 heterocycles. The maximum absolute atomic E-state index is 13.3. The van der Waals surface area contributed by atoms with Crippen molar-refractivity contribution in [1.29, 1.82) is 0 Å². The molecule has 7 nitrogen and oxygen atoms in total. The Morgan fingerprint density at radius 3 is 2.78 bits per heavy atom. The summed E-state index contributed by atoms with van der Waals surface area (Å²) in [4.78, 5) is 31.6. The second-order valence-corrected chi connectivity index (χ2v) is 9.84. The average molecular weight is 496 g/mol. The van der Waals surface area contributed by atoms with E-state index in [9.17, 15) is 9.59 Å². The van der Waals surface area contributed by atoms with Gasteiger partial charge in [-0.2, -0.15) is 0 Å². The number of amides is 2. The van der Waals surface area contributed by atoms with Crippen molar-refractivity contribution in [3.8, 4) is 11.6 Å². The predicted octanol–water partition coefficient (Wildman–Crippen LogP) is 5.27. The van der Waals surface area contributed by atoms with Crippen LogP contribution in [0.25, 0.3) is 10.8 Å². The van der Waals surface area contributed by atoms with Gasteiger partial charge in [-0.3, -0.25) is 9.59 Å². The summed E-state index contributed by atoms with van der Waals surface area (Å²) in [7, 11) is 0. The molecule has 1 aliphatic heterocycles. The normalized spacial score (nSPS) is 19.5. The summed E-state index contributed by atoms with van der Waals surface area (Å²) in [5, 5.41) is 1.82. The maximum atomic E-state index is 13.3. The van der Waals surface area contributed by atoms with Gasteiger partial charge in [-0.05, 0) is 74.6 Å². The molecular weight excluding hydrogens is 454 g/mol. The molecule has 1 aromatic heterocycles. The van der Waals surface area contributed by atoms with E-state index in [2.05, 4.69) is 31.0 Å². The number of ether oxygens (including phenoxy) is 2. The number of pyridine rings is 1. The summed E-state index contributed by atoms with van der Waals surface area (Å²) >= 11 is 0. The zero-order valence-corrected chi connectivity index (χ0v) is 22.1. The second-order valence-electron chi connectivity index (χ2n) is 9.84. The SMILES string of the molecule is C/C=C\CC[C@H](C)C[C@@H](CC)CC(=O)N1C[C@H](Oc2nccc3cc(OCC)ccc23)C[C@H]1C(N)=O. The van der Waals surface area contributed by atoms with E-state index in [1.165, 1.54) is 0 Å². The van der Waals surface area contributed by atoms with Gasteiger partial charge in [0.2, 0.25) is 17.7 Å². The van der Waals surface area contributed by atoms with E-state index in [0.29, 0.717) is 37.8 Å². The molecule has 1 aliphatic rings. The largest absolute Gasteiger partial charge is 0.494 e. The molecule has 0 aliphatic carbocycles. The van der Waals surface area contributed by atoms with Crippen LogP contribution >= 0.6 is 0 Å².